The second kappa shape index (κ2) is 9.41. The van der Waals surface area contributed by atoms with Crippen molar-refractivity contribution in [1.29, 1.82) is 10.5 Å². The van der Waals surface area contributed by atoms with Crippen molar-refractivity contribution in [2.24, 2.45) is 4.99 Å². The van der Waals surface area contributed by atoms with E-state index in [4.69, 9.17) is 9.73 Å². The van der Waals surface area contributed by atoms with Gasteiger partial charge in [0.2, 0.25) is 5.91 Å². The number of hydrogen-bond acceptors (Lipinski definition) is 8. The number of ether oxygens (including phenoxy) is 1. The Morgan fingerprint density at radius 1 is 1.17 bits per heavy atom. The number of amides is 1. The molecule has 4 heterocycles. The highest BCUT2D eigenvalue weighted by Gasteiger charge is 2.33. The zero-order valence-electron chi connectivity index (χ0n) is 19.5. The highest BCUT2D eigenvalue weighted by Crippen LogP contribution is 2.40. The molecule has 176 valence electrons. The maximum Gasteiger partial charge on any atom is 0.225 e. The molecule has 5 rings (SSSR count). The van der Waals surface area contributed by atoms with Crippen molar-refractivity contribution in [3.63, 3.8) is 0 Å². The Balaban J connectivity index is 1.68. The van der Waals surface area contributed by atoms with E-state index in [1.807, 2.05) is 35.4 Å². The van der Waals surface area contributed by atoms with Gasteiger partial charge in [-0.25, -0.2) is 0 Å². The topological polar surface area (TPSA) is 120 Å². The molecule has 2 aliphatic heterocycles. The molecule has 2 aromatic heterocycles. The number of hydrogen-bond donors (Lipinski definition) is 0. The molecular weight excluding hydrogens is 462 g/mol. The van der Waals surface area contributed by atoms with Gasteiger partial charge in [0.15, 0.2) is 5.82 Å². The van der Waals surface area contributed by atoms with Gasteiger partial charge in [-0.1, -0.05) is 12.1 Å². The molecule has 2 aliphatic rings. The molecule has 1 amide bonds. The largest absolute Gasteiger partial charge is 0.378 e. The maximum atomic E-state index is 13.2. The second-order valence-electron chi connectivity index (χ2n) is 8.49. The van der Waals surface area contributed by atoms with E-state index in [-0.39, 0.29) is 12.3 Å². The predicted octanol–water partition coefficient (Wildman–Crippen LogP) is 3.02. The third kappa shape index (κ3) is 4.12. The lowest BCUT2D eigenvalue weighted by Crippen LogP contribution is -2.41. The number of aliphatic imine (C=N–C) groups is 1. The van der Waals surface area contributed by atoms with Crippen LogP contribution in [-0.4, -0.2) is 57.6 Å². The van der Waals surface area contributed by atoms with Gasteiger partial charge in [-0.2, -0.15) is 10.5 Å². The summed E-state index contributed by atoms with van der Waals surface area (Å²) < 4.78 is 7.37. The normalized spacial score (nSPS) is 17.0. The molecule has 1 fully saturated rings. The summed E-state index contributed by atoms with van der Waals surface area (Å²) in [5.41, 5.74) is 4.02. The molecule has 0 saturated carbocycles. The van der Waals surface area contributed by atoms with Crippen LogP contribution in [0.5, 0.6) is 0 Å². The summed E-state index contributed by atoms with van der Waals surface area (Å²) in [6.45, 7) is 6.07. The van der Waals surface area contributed by atoms with Crippen LogP contribution in [-0.2, 0) is 16.0 Å². The number of nitrogens with zero attached hydrogens (tertiary/aromatic N) is 7. The molecular formula is C25H23N7O2S. The van der Waals surface area contributed by atoms with E-state index in [0.29, 0.717) is 49.9 Å². The van der Waals surface area contributed by atoms with Gasteiger partial charge in [-0.15, -0.1) is 21.5 Å². The van der Waals surface area contributed by atoms with Gasteiger partial charge in [0.1, 0.15) is 16.9 Å². The van der Waals surface area contributed by atoms with E-state index in [1.54, 1.807) is 12.1 Å². The number of aromatic nitrogens is 3. The summed E-state index contributed by atoms with van der Waals surface area (Å²) in [6.07, 6.45) is 0.455. The minimum absolute atomic E-state index is 0.000535. The van der Waals surface area contributed by atoms with Crippen molar-refractivity contribution in [2.45, 2.75) is 32.7 Å². The van der Waals surface area contributed by atoms with Gasteiger partial charge >= 0.3 is 0 Å². The molecule has 0 aliphatic carbocycles. The molecule has 1 saturated heterocycles. The standard InChI is InChI=1S/C25H23N7O2S/c1-15-20(7-8-26)35-25-22(15)23(18-5-3-17(14-27)4-6-18)28-19(24-30-29-16(2)32(24)25)13-21(33)31-9-11-34-12-10-31/h3-6,19H,7,9-13H2,1-2H3/t19-/m0/s1. The zero-order valence-corrected chi connectivity index (χ0v) is 20.3. The summed E-state index contributed by atoms with van der Waals surface area (Å²) in [5.74, 6) is 1.31. The summed E-state index contributed by atoms with van der Waals surface area (Å²) in [5, 5.41) is 28.3. The fourth-order valence-electron chi connectivity index (χ4n) is 4.51. The number of thiophene rings is 1. The van der Waals surface area contributed by atoms with Crippen molar-refractivity contribution in [2.75, 3.05) is 26.3 Å². The predicted molar refractivity (Wildman–Crippen MR) is 130 cm³/mol. The Hall–Kier alpha value is -3.86. The molecule has 9 nitrogen and oxygen atoms in total. The van der Waals surface area contributed by atoms with Gasteiger partial charge in [0.05, 0.1) is 49.5 Å². The average molecular weight is 486 g/mol. The van der Waals surface area contributed by atoms with E-state index < -0.39 is 6.04 Å². The van der Waals surface area contributed by atoms with Crippen LogP contribution in [0.3, 0.4) is 0 Å². The molecule has 0 bridgehead atoms. The molecule has 1 atom stereocenters. The van der Waals surface area contributed by atoms with Crippen LogP contribution in [0.25, 0.3) is 5.00 Å². The van der Waals surface area contributed by atoms with E-state index in [0.717, 1.165) is 32.3 Å². The summed E-state index contributed by atoms with van der Waals surface area (Å²) in [7, 11) is 0. The minimum Gasteiger partial charge on any atom is -0.378 e. The second-order valence-corrected chi connectivity index (χ2v) is 9.57. The maximum absolute atomic E-state index is 13.2. The van der Waals surface area contributed by atoms with Crippen molar-refractivity contribution in [3.8, 4) is 17.1 Å². The third-order valence-electron chi connectivity index (χ3n) is 6.36. The average Bonchev–Trinajstić information content (AvgIpc) is 3.37. The number of benzene rings is 1. The Morgan fingerprint density at radius 2 is 1.91 bits per heavy atom. The van der Waals surface area contributed by atoms with Gasteiger partial charge in [-0.3, -0.25) is 14.4 Å². The van der Waals surface area contributed by atoms with Gasteiger partial charge in [0.25, 0.3) is 0 Å². The number of nitriles is 2. The summed E-state index contributed by atoms with van der Waals surface area (Å²) in [6, 6.07) is 11.2. The van der Waals surface area contributed by atoms with Crippen LogP contribution in [0.2, 0.25) is 0 Å². The third-order valence-corrected chi connectivity index (χ3v) is 7.64. The zero-order chi connectivity index (χ0) is 24.5. The quantitative estimate of drug-likeness (QED) is 0.560. The van der Waals surface area contributed by atoms with Gasteiger partial charge < -0.3 is 9.64 Å². The Labute approximate surface area is 206 Å². The molecule has 0 unspecified atom stereocenters. The molecule has 35 heavy (non-hydrogen) atoms. The van der Waals surface area contributed by atoms with Crippen LogP contribution in [0.4, 0.5) is 0 Å². The lowest BCUT2D eigenvalue weighted by atomic mass is 9.98. The number of morpholine rings is 1. The number of carbonyl (C=O) groups excluding carboxylic acids is 1. The molecule has 0 N–H and O–H groups in total. The Morgan fingerprint density at radius 3 is 2.60 bits per heavy atom. The number of aryl methyl sites for hydroxylation is 1. The van der Waals surface area contributed by atoms with Gasteiger partial charge in [-0.05, 0) is 31.5 Å². The molecule has 1 aromatic carbocycles. The SMILES string of the molecule is Cc1c(CC#N)sc2c1C(c1ccc(C#N)cc1)=N[C@@H](CC(=O)N1CCOCC1)c1nnc(C)n1-2. The van der Waals surface area contributed by atoms with Crippen molar-refractivity contribution in [1.82, 2.24) is 19.7 Å². The highest BCUT2D eigenvalue weighted by atomic mass is 32.1. The van der Waals surface area contributed by atoms with Gasteiger partial charge in [0, 0.05) is 29.1 Å². The fourth-order valence-corrected chi connectivity index (χ4v) is 5.80. The first kappa shape index (κ1) is 22.9. The lowest BCUT2D eigenvalue weighted by Gasteiger charge is -2.27. The molecule has 0 spiro atoms. The van der Waals surface area contributed by atoms with E-state index in [1.165, 1.54) is 11.3 Å². The summed E-state index contributed by atoms with van der Waals surface area (Å²) >= 11 is 1.53. The van der Waals surface area contributed by atoms with Crippen LogP contribution in [0, 0.1) is 36.5 Å². The number of rotatable bonds is 4. The van der Waals surface area contributed by atoms with Crippen LogP contribution >= 0.6 is 11.3 Å². The number of fused-ring (bicyclic) bond motifs is 3. The highest BCUT2D eigenvalue weighted by molar-refractivity contribution is 7.15. The van der Waals surface area contributed by atoms with Crippen LogP contribution in [0.1, 0.15) is 51.2 Å². The molecule has 0 radical (unpaired) electrons. The lowest BCUT2D eigenvalue weighted by molar-refractivity contribution is -0.135. The van der Waals surface area contributed by atoms with Crippen LogP contribution < -0.4 is 0 Å². The summed E-state index contributed by atoms with van der Waals surface area (Å²) in [4.78, 5) is 21.1. The first-order chi connectivity index (χ1) is 17.0. The van der Waals surface area contributed by atoms with Crippen molar-refractivity contribution >= 4 is 23.0 Å². The smallest absolute Gasteiger partial charge is 0.225 e. The van der Waals surface area contributed by atoms with Crippen LogP contribution in [0.15, 0.2) is 29.3 Å². The van der Waals surface area contributed by atoms with Crippen molar-refractivity contribution < 1.29 is 9.53 Å². The number of carbonyl (C=O) groups is 1. The van der Waals surface area contributed by atoms with E-state index in [2.05, 4.69) is 22.3 Å². The Bertz CT molecular complexity index is 1400. The molecule has 10 heteroatoms. The van der Waals surface area contributed by atoms with E-state index in [9.17, 15) is 15.3 Å². The van der Waals surface area contributed by atoms with Crippen molar-refractivity contribution in [3.05, 3.63) is 63.0 Å². The molecule has 3 aromatic rings. The first-order valence-corrected chi connectivity index (χ1v) is 12.2. The minimum atomic E-state index is -0.532. The van der Waals surface area contributed by atoms with E-state index >= 15 is 0 Å². The first-order valence-electron chi connectivity index (χ1n) is 11.4. The fraction of sp³-hybridized carbons (Fsp3) is 0.360. The Kier molecular flexibility index (Phi) is 6.16. The monoisotopic (exact) mass is 485 g/mol.